The third kappa shape index (κ3) is 9.12. The summed E-state index contributed by atoms with van der Waals surface area (Å²) in [6, 6.07) is 0. The molecular formula is H2CdOSeZn. The molecule has 0 aromatic heterocycles. The van der Waals surface area contributed by atoms with Crippen LogP contribution in [0.5, 0.6) is 0 Å². The number of hydrogen-bond acceptors (Lipinski definition) is 1. The molecule has 0 unspecified atom stereocenters. The molecule has 4 heteroatoms. The zero-order chi connectivity index (χ0) is 2.00. The van der Waals surface area contributed by atoms with Crippen molar-refractivity contribution in [1.82, 2.24) is 0 Å². The van der Waals surface area contributed by atoms with Gasteiger partial charge >= 0.3 is 45.5 Å². The van der Waals surface area contributed by atoms with E-state index in [-0.39, 0.29) is 62.3 Å². The van der Waals surface area contributed by atoms with Gasteiger partial charge in [0.15, 0.2) is 0 Å². The molecule has 0 atom stereocenters. The Morgan fingerprint density at radius 1 is 1.25 bits per heavy atom. The second-order valence-electron chi connectivity index (χ2n) is 0. The molecule has 0 spiro atoms. The van der Waals surface area contributed by atoms with E-state index in [1.807, 2.05) is 0 Å². The van der Waals surface area contributed by atoms with Crippen molar-refractivity contribution in [1.29, 1.82) is 0 Å². The minimum Gasteiger partial charge on any atom is 0 e. The Bertz CT molecular complexity index is 8.00. The van der Waals surface area contributed by atoms with Crippen molar-refractivity contribution in [3.8, 4) is 0 Å². The maximum atomic E-state index is 8.42. The van der Waals surface area contributed by atoms with Gasteiger partial charge in [-0.1, -0.05) is 0 Å². The first-order valence-corrected chi connectivity index (χ1v) is 1.94. The van der Waals surface area contributed by atoms with Gasteiger partial charge in [-0.3, -0.25) is 0 Å². The Balaban J connectivity index is -0.00000000500. The third-order valence-electron chi connectivity index (χ3n) is 0. The first-order chi connectivity index (χ1) is 1.00. The van der Waals surface area contributed by atoms with Gasteiger partial charge in [0.1, 0.15) is 0 Å². The van der Waals surface area contributed by atoms with Crippen LogP contribution in [-0.2, 0) is 47.9 Å². The molecule has 18 valence electrons. The molecule has 0 radical (unpaired) electrons. The molecule has 0 aliphatic rings. The van der Waals surface area contributed by atoms with Crippen LogP contribution in [0.3, 0.4) is 0 Å². The average Bonchev–Trinajstić information content (AvgIpc) is 1.00. The normalized spacial score (nSPS) is 1.50. The molecule has 0 rings (SSSR count). The Morgan fingerprint density at radius 3 is 1.25 bits per heavy atom. The summed E-state index contributed by atoms with van der Waals surface area (Å²) < 4.78 is 8.42. The van der Waals surface area contributed by atoms with Gasteiger partial charge in [-0.25, -0.2) is 0 Å². The maximum Gasteiger partial charge on any atom is 0 e. The molecule has 0 saturated carbocycles. The fourth-order valence-electron chi connectivity index (χ4n) is 0. The second kappa shape index (κ2) is 20.9. The Morgan fingerprint density at radius 2 is 1.25 bits per heavy atom. The maximum absolute atomic E-state index is 8.42. The standard InChI is InChI=1S/Cd.O.H2Se.Zn/h;;1H2;. The van der Waals surface area contributed by atoms with E-state index >= 15 is 0 Å². The van der Waals surface area contributed by atoms with Gasteiger partial charge in [-0.05, 0) is 0 Å². The average molecular weight is 275 g/mol. The molecule has 0 fully saturated rings. The zero-order valence-corrected chi connectivity index (χ0v) is 11.4. The minimum atomic E-state index is -0.1000. The summed E-state index contributed by atoms with van der Waals surface area (Å²) in [5.74, 6) is 0. The smallest absolute Gasteiger partial charge is 0 e. The van der Waals surface area contributed by atoms with Gasteiger partial charge in [0.05, 0.1) is 0 Å². The Labute approximate surface area is 64.3 Å². The molecule has 1 nitrogen and oxygen atoms in total. The molecule has 0 aromatic carbocycles. The first kappa shape index (κ1) is 16.9. The van der Waals surface area contributed by atoms with E-state index in [1.165, 1.54) is 0 Å². The largest absolute Gasteiger partial charge is 0 e. The van der Waals surface area contributed by atoms with Gasteiger partial charge < -0.3 is 0 Å². The van der Waals surface area contributed by atoms with Crippen LogP contribution < -0.4 is 0 Å². The summed E-state index contributed by atoms with van der Waals surface area (Å²) in [4.78, 5) is 0. The Kier molecular flexibility index (Phi) is 88.3. The van der Waals surface area contributed by atoms with Crippen molar-refractivity contribution >= 4 is 17.1 Å². The van der Waals surface area contributed by atoms with Crippen LogP contribution in [-0.4, -0.2) is 17.1 Å². The van der Waals surface area contributed by atoms with Gasteiger partial charge in [-0.15, -0.1) is 0 Å². The van der Waals surface area contributed by atoms with Gasteiger partial charge in [0.25, 0.3) is 0 Å². The third-order valence-corrected chi connectivity index (χ3v) is 0. The van der Waals surface area contributed by atoms with Crippen LogP contribution >= 0.6 is 0 Å². The van der Waals surface area contributed by atoms with Crippen LogP contribution in [0.2, 0.25) is 0 Å². The first-order valence-electron chi connectivity index (χ1n) is 0.289. The number of hydrogen-bond donors (Lipinski definition) is 0. The van der Waals surface area contributed by atoms with Crippen molar-refractivity contribution in [3.63, 3.8) is 0 Å². The van der Waals surface area contributed by atoms with E-state index in [4.69, 9.17) is 2.69 Å². The molecule has 0 amide bonds. The fraction of sp³-hybridized carbons (Fsp3) is 0. The predicted octanol–water partition coefficient (Wildman–Crippen LogP) is -1.04. The topological polar surface area (TPSA) is 17.1 Å². The van der Waals surface area contributed by atoms with Crippen molar-refractivity contribution in [3.05, 3.63) is 0 Å². The predicted molar refractivity (Wildman–Crippen MR) is 9.23 cm³/mol. The van der Waals surface area contributed by atoms with Crippen molar-refractivity contribution in [2.75, 3.05) is 0 Å². The van der Waals surface area contributed by atoms with E-state index in [9.17, 15) is 0 Å². The molecule has 0 saturated heterocycles. The summed E-state index contributed by atoms with van der Waals surface area (Å²) in [6.07, 6.45) is 0. The quantitative estimate of drug-likeness (QED) is 0.516. The van der Waals surface area contributed by atoms with Crippen LogP contribution in [0.15, 0.2) is 0 Å². The van der Waals surface area contributed by atoms with E-state index in [2.05, 4.69) is 0 Å². The van der Waals surface area contributed by atoms with E-state index in [0.29, 0.717) is 0 Å². The zero-order valence-electron chi connectivity index (χ0n) is 2.32. The summed E-state index contributed by atoms with van der Waals surface area (Å²) in [5, 5.41) is 0. The summed E-state index contributed by atoms with van der Waals surface area (Å²) >= 11 is -0.1000. The fourth-order valence-corrected chi connectivity index (χ4v) is 0. The van der Waals surface area contributed by atoms with Crippen LogP contribution in [0.4, 0.5) is 0 Å². The van der Waals surface area contributed by atoms with Crippen LogP contribution in [0.25, 0.3) is 0 Å². The number of rotatable bonds is 0. The monoisotopic (exact) mass is 276 g/mol. The Hall–Kier alpha value is 1.86. The van der Waals surface area contributed by atoms with Gasteiger partial charge in [-0.2, -0.15) is 0 Å². The van der Waals surface area contributed by atoms with Crippen LogP contribution in [0, 0.1) is 0 Å². The van der Waals surface area contributed by atoms with E-state index in [0.717, 1.165) is 0 Å². The van der Waals surface area contributed by atoms with Crippen molar-refractivity contribution in [2.45, 2.75) is 0 Å². The summed E-state index contributed by atoms with van der Waals surface area (Å²) in [6.45, 7) is 0. The molecule has 0 aliphatic carbocycles. The second-order valence-corrected chi connectivity index (χ2v) is 0. The molecular weight excluding hydrogens is 273 g/mol. The minimum absolute atomic E-state index is 0. The molecule has 0 bridgehead atoms. The van der Waals surface area contributed by atoms with Crippen molar-refractivity contribution in [2.24, 2.45) is 0 Å². The molecule has 0 heterocycles. The van der Waals surface area contributed by atoms with E-state index in [1.54, 1.807) is 0 Å². The molecule has 4 heavy (non-hydrogen) atoms. The SMILES string of the molecule is [O]=[Cd].[SeH2].[Zn]. The molecule has 0 aromatic rings. The van der Waals surface area contributed by atoms with E-state index < -0.39 is 0 Å². The van der Waals surface area contributed by atoms with Crippen LogP contribution in [0.1, 0.15) is 0 Å². The summed E-state index contributed by atoms with van der Waals surface area (Å²) in [5.41, 5.74) is 0. The van der Waals surface area contributed by atoms with Gasteiger partial charge in [0, 0.05) is 19.5 Å². The van der Waals surface area contributed by atoms with Gasteiger partial charge in [0.2, 0.25) is 0 Å². The summed E-state index contributed by atoms with van der Waals surface area (Å²) in [7, 11) is 0. The van der Waals surface area contributed by atoms with Crippen molar-refractivity contribution < 1.29 is 47.9 Å². The molecule has 0 aliphatic heterocycles. The molecule has 0 N–H and O–H groups in total.